The molecule has 0 fully saturated rings. The highest BCUT2D eigenvalue weighted by Crippen LogP contribution is 2.28. The molecule has 1 heterocycles. The Hall–Kier alpha value is -2.50. The minimum Gasteiger partial charge on any atom is -0.467 e. The zero-order valence-electron chi connectivity index (χ0n) is 13.9. The number of esters is 1. The first-order chi connectivity index (χ1) is 12.5. The molecule has 0 spiro atoms. The minimum atomic E-state index is -0.805. The quantitative estimate of drug-likeness (QED) is 0.647. The van der Waals surface area contributed by atoms with Crippen molar-refractivity contribution in [2.45, 2.75) is 12.5 Å². The van der Waals surface area contributed by atoms with E-state index in [1.54, 1.807) is 18.2 Å². The van der Waals surface area contributed by atoms with Crippen LogP contribution >= 0.6 is 23.2 Å². The van der Waals surface area contributed by atoms with Gasteiger partial charge in [-0.3, -0.25) is 4.79 Å². The maximum Gasteiger partial charge on any atom is 0.328 e. The van der Waals surface area contributed by atoms with Gasteiger partial charge in [-0.2, -0.15) is 0 Å². The van der Waals surface area contributed by atoms with Gasteiger partial charge in [-0.05, 0) is 23.8 Å². The summed E-state index contributed by atoms with van der Waals surface area (Å²) in [6.45, 7) is 0. The van der Waals surface area contributed by atoms with Crippen LogP contribution in [-0.2, 0) is 16.0 Å². The Labute approximate surface area is 160 Å². The average molecular weight is 391 g/mol. The SMILES string of the molecule is COC(=O)[C@@H](Cc1ccccc1)NC(=O)c1cc2cc(Cl)cc(Cl)c2[nH]1. The van der Waals surface area contributed by atoms with Crippen LogP contribution in [-0.4, -0.2) is 30.0 Å². The van der Waals surface area contributed by atoms with E-state index in [-0.39, 0.29) is 5.69 Å². The van der Waals surface area contributed by atoms with Crippen LogP contribution in [0.4, 0.5) is 0 Å². The summed E-state index contributed by atoms with van der Waals surface area (Å²) in [4.78, 5) is 27.6. The second-order valence-corrected chi connectivity index (χ2v) is 6.62. The van der Waals surface area contributed by atoms with Gasteiger partial charge >= 0.3 is 5.97 Å². The molecular weight excluding hydrogens is 375 g/mol. The Balaban J connectivity index is 1.83. The minimum absolute atomic E-state index is 0.283. The van der Waals surface area contributed by atoms with Crippen molar-refractivity contribution in [3.8, 4) is 0 Å². The number of carbonyl (C=O) groups excluding carboxylic acids is 2. The van der Waals surface area contributed by atoms with E-state index < -0.39 is 17.9 Å². The summed E-state index contributed by atoms with van der Waals surface area (Å²) < 4.78 is 4.81. The van der Waals surface area contributed by atoms with Gasteiger partial charge in [-0.15, -0.1) is 0 Å². The zero-order chi connectivity index (χ0) is 18.7. The van der Waals surface area contributed by atoms with Crippen molar-refractivity contribution in [1.82, 2.24) is 10.3 Å². The average Bonchev–Trinajstić information content (AvgIpc) is 3.06. The Morgan fingerprint density at radius 3 is 2.58 bits per heavy atom. The number of nitrogens with one attached hydrogen (secondary N) is 2. The Kier molecular flexibility index (Phi) is 5.49. The van der Waals surface area contributed by atoms with E-state index in [0.717, 1.165) is 5.56 Å². The predicted molar refractivity (Wildman–Crippen MR) is 102 cm³/mol. The molecule has 0 aliphatic carbocycles. The number of aromatic amines is 1. The lowest BCUT2D eigenvalue weighted by Crippen LogP contribution is -2.43. The molecule has 3 aromatic rings. The fourth-order valence-corrected chi connectivity index (χ4v) is 3.27. The molecule has 0 unspecified atom stereocenters. The molecule has 1 aromatic heterocycles. The van der Waals surface area contributed by atoms with Gasteiger partial charge < -0.3 is 15.0 Å². The van der Waals surface area contributed by atoms with Crippen LogP contribution in [0.3, 0.4) is 0 Å². The van der Waals surface area contributed by atoms with Gasteiger partial charge in [0.25, 0.3) is 5.91 Å². The highest BCUT2D eigenvalue weighted by Gasteiger charge is 2.23. The van der Waals surface area contributed by atoms with Gasteiger partial charge in [-0.1, -0.05) is 53.5 Å². The summed E-state index contributed by atoms with van der Waals surface area (Å²) in [5.41, 5.74) is 1.81. The Morgan fingerprint density at radius 1 is 1.15 bits per heavy atom. The fraction of sp³-hybridized carbons (Fsp3) is 0.158. The summed E-state index contributed by atoms with van der Waals surface area (Å²) in [5, 5.41) is 4.31. The summed E-state index contributed by atoms with van der Waals surface area (Å²) in [7, 11) is 1.29. The Bertz CT molecular complexity index is 954. The maximum absolute atomic E-state index is 12.6. The van der Waals surface area contributed by atoms with Gasteiger partial charge in [0.1, 0.15) is 11.7 Å². The Morgan fingerprint density at radius 2 is 1.88 bits per heavy atom. The number of H-pyrrole nitrogens is 1. The second-order valence-electron chi connectivity index (χ2n) is 5.77. The smallest absolute Gasteiger partial charge is 0.328 e. The number of aromatic nitrogens is 1. The van der Waals surface area contributed by atoms with Crippen molar-refractivity contribution in [3.63, 3.8) is 0 Å². The second kappa shape index (κ2) is 7.81. The standard InChI is InChI=1S/C19H16Cl2N2O3/c1-26-19(25)16(7-11-5-3-2-4-6-11)23-18(24)15-9-12-8-13(20)10-14(21)17(12)22-15/h2-6,8-10,16,22H,7H2,1H3,(H,23,24)/t16-/m1/s1. The zero-order valence-corrected chi connectivity index (χ0v) is 15.4. The van der Waals surface area contributed by atoms with E-state index in [9.17, 15) is 9.59 Å². The maximum atomic E-state index is 12.6. The molecule has 0 saturated carbocycles. The van der Waals surface area contributed by atoms with Gasteiger partial charge in [0.15, 0.2) is 0 Å². The number of benzene rings is 2. The molecule has 0 aliphatic rings. The molecule has 26 heavy (non-hydrogen) atoms. The predicted octanol–water partition coefficient (Wildman–Crippen LogP) is 3.99. The van der Waals surface area contributed by atoms with E-state index in [4.69, 9.17) is 27.9 Å². The van der Waals surface area contributed by atoms with Gasteiger partial charge in [0.2, 0.25) is 0 Å². The van der Waals surface area contributed by atoms with E-state index in [2.05, 4.69) is 10.3 Å². The van der Waals surface area contributed by atoms with Crippen LogP contribution in [0.5, 0.6) is 0 Å². The number of amides is 1. The number of fused-ring (bicyclic) bond motifs is 1. The van der Waals surface area contributed by atoms with Crippen molar-refractivity contribution in [2.75, 3.05) is 7.11 Å². The molecule has 1 amide bonds. The largest absolute Gasteiger partial charge is 0.467 e. The highest BCUT2D eigenvalue weighted by atomic mass is 35.5. The highest BCUT2D eigenvalue weighted by molar-refractivity contribution is 6.38. The summed E-state index contributed by atoms with van der Waals surface area (Å²) in [5.74, 6) is -0.945. The van der Waals surface area contributed by atoms with Crippen LogP contribution in [0.25, 0.3) is 10.9 Å². The third kappa shape index (κ3) is 4.00. The van der Waals surface area contributed by atoms with Crippen molar-refractivity contribution in [3.05, 3.63) is 69.8 Å². The molecule has 0 saturated heterocycles. The lowest BCUT2D eigenvalue weighted by atomic mass is 10.1. The number of halogens is 2. The molecule has 0 bridgehead atoms. The number of methoxy groups -OCH3 is 1. The number of carbonyl (C=O) groups is 2. The number of hydrogen-bond acceptors (Lipinski definition) is 3. The monoisotopic (exact) mass is 390 g/mol. The summed E-state index contributed by atoms with van der Waals surface area (Å²) >= 11 is 12.1. The van der Waals surface area contributed by atoms with Crippen molar-refractivity contribution in [2.24, 2.45) is 0 Å². The molecule has 134 valence electrons. The molecule has 7 heteroatoms. The molecule has 2 aromatic carbocycles. The molecule has 5 nitrogen and oxygen atoms in total. The van der Waals surface area contributed by atoms with Crippen molar-refractivity contribution >= 4 is 46.0 Å². The van der Waals surface area contributed by atoms with E-state index in [1.165, 1.54) is 7.11 Å². The first kappa shape index (κ1) is 18.3. The topological polar surface area (TPSA) is 71.2 Å². The van der Waals surface area contributed by atoms with Crippen molar-refractivity contribution < 1.29 is 14.3 Å². The van der Waals surface area contributed by atoms with E-state index >= 15 is 0 Å². The third-order valence-corrected chi connectivity index (χ3v) is 4.48. The van der Waals surface area contributed by atoms with E-state index in [1.807, 2.05) is 30.3 Å². The fourth-order valence-electron chi connectivity index (χ4n) is 2.71. The first-order valence-electron chi connectivity index (χ1n) is 7.88. The summed E-state index contributed by atoms with van der Waals surface area (Å²) in [6, 6.07) is 13.5. The van der Waals surface area contributed by atoms with Gasteiger partial charge in [0, 0.05) is 16.8 Å². The van der Waals surface area contributed by atoms with Crippen LogP contribution in [0.15, 0.2) is 48.5 Å². The first-order valence-corrected chi connectivity index (χ1v) is 8.64. The van der Waals surface area contributed by atoms with Crippen LogP contribution in [0.1, 0.15) is 16.1 Å². The molecular formula is C19H16Cl2N2O3. The lowest BCUT2D eigenvalue weighted by Gasteiger charge is -2.16. The van der Waals surface area contributed by atoms with Crippen LogP contribution in [0, 0.1) is 0 Å². The molecule has 0 radical (unpaired) electrons. The molecule has 3 rings (SSSR count). The van der Waals surface area contributed by atoms with Crippen LogP contribution < -0.4 is 5.32 Å². The number of ether oxygens (including phenoxy) is 1. The van der Waals surface area contributed by atoms with Gasteiger partial charge in [-0.25, -0.2) is 4.79 Å². The number of hydrogen-bond donors (Lipinski definition) is 2. The normalized spacial score (nSPS) is 12.0. The van der Waals surface area contributed by atoms with Gasteiger partial charge in [0.05, 0.1) is 17.6 Å². The summed E-state index contributed by atoms with van der Waals surface area (Å²) in [6.07, 6.45) is 0.325. The van der Waals surface area contributed by atoms with E-state index in [0.29, 0.717) is 27.4 Å². The van der Waals surface area contributed by atoms with Crippen molar-refractivity contribution in [1.29, 1.82) is 0 Å². The van der Waals surface area contributed by atoms with Crippen LogP contribution in [0.2, 0.25) is 10.0 Å². The lowest BCUT2D eigenvalue weighted by molar-refractivity contribution is -0.142. The molecule has 2 N–H and O–H groups in total. The molecule has 1 atom stereocenters. The molecule has 0 aliphatic heterocycles. The third-order valence-electron chi connectivity index (χ3n) is 3.96. The number of rotatable bonds is 5.